The van der Waals surface area contributed by atoms with Gasteiger partial charge in [-0.05, 0) is 61.7 Å². The van der Waals surface area contributed by atoms with E-state index in [2.05, 4.69) is 10.6 Å². The standard InChI is InChI=1S/C27H30N4O3/c1-19-11-12-24(26(32)28-18-20-7-6-10-23(17-20)34-2)25(29-19)21-13-15-31(16-14-21)27(33)30-22-8-4-3-5-9-22/h3-12,17,21H,13-16,18H2,1-2H3,(H,28,32)(H,30,33). The number of carbonyl (C=O) groups excluding carboxylic acids is 2. The summed E-state index contributed by atoms with van der Waals surface area (Å²) in [6.07, 6.45) is 1.52. The van der Waals surface area contributed by atoms with Crippen molar-refractivity contribution in [3.63, 3.8) is 0 Å². The number of nitrogens with zero attached hydrogens (tertiary/aromatic N) is 2. The van der Waals surface area contributed by atoms with Crippen molar-refractivity contribution in [3.05, 3.63) is 89.2 Å². The highest BCUT2D eigenvalue weighted by molar-refractivity contribution is 5.95. The summed E-state index contributed by atoms with van der Waals surface area (Å²) >= 11 is 0. The van der Waals surface area contributed by atoms with Crippen LogP contribution in [0.25, 0.3) is 0 Å². The third-order valence-electron chi connectivity index (χ3n) is 6.09. The summed E-state index contributed by atoms with van der Waals surface area (Å²) in [5, 5.41) is 5.95. The molecule has 2 N–H and O–H groups in total. The molecule has 4 rings (SSSR count). The van der Waals surface area contributed by atoms with Crippen LogP contribution in [0.1, 0.15) is 46.1 Å². The van der Waals surface area contributed by atoms with E-state index in [-0.39, 0.29) is 17.9 Å². The maximum atomic E-state index is 13.1. The molecule has 3 aromatic rings. The summed E-state index contributed by atoms with van der Waals surface area (Å²) in [5.74, 6) is 0.736. The molecule has 1 aromatic heterocycles. The molecule has 0 atom stereocenters. The Hall–Kier alpha value is -3.87. The van der Waals surface area contributed by atoms with Gasteiger partial charge < -0.3 is 20.3 Å². The van der Waals surface area contributed by atoms with Crippen LogP contribution in [0.5, 0.6) is 5.75 Å². The van der Waals surface area contributed by atoms with Gasteiger partial charge in [-0.1, -0.05) is 30.3 Å². The average Bonchev–Trinajstić information content (AvgIpc) is 2.88. The molecule has 7 heteroatoms. The highest BCUT2D eigenvalue weighted by atomic mass is 16.5. The van der Waals surface area contributed by atoms with Gasteiger partial charge in [0.05, 0.1) is 18.4 Å². The first-order valence-corrected chi connectivity index (χ1v) is 11.5. The van der Waals surface area contributed by atoms with Gasteiger partial charge in [0.25, 0.3) is 5.91 Å². The summed E-state index contributed by atoms with van der Waals surface area (Å²) in [6.45, 7) is 3.57. The first-order chi connectivity index (χ1) is 16.5. The maximum absolute atomic E-state index is 13.1. The summed E-state index contributed by atoms with van der Waals surface area (Å²) in [5.41, 5.74) is 4.03. The fourth-order valence-corrected chi connectivity index (χ4v) is 4.22. The molecule has 1 aliphatic heterocycles. The van der Waals surface area contributed by atoms with Crippen molar-refractivity contribution in [1.29, 1.82) is 0 Å². The van der Waals surface area contributed by atoms with E-state index in [1.54, 1.807) is 7.11 Å². The van der Waals surface area contributed by atoms with Crippen molar-refractivity contribution < 1.29 is 14.3 Å². The minimum atomic E-state index is -0.144. The molecule has 0 aliphatic carbocycles. The minimum Gasteiger partial charge on any atom is -0.497 e. The molecule has 176 valence electrons. The van der Waals surface area contributed by atoms with Crippen molar-refractivity contribution in [3.8, 4) is 5.75 Å². The predicted molar refractivity (Wildman–Crippen MR) is 132 cm³/mol. The van der Waals surface area contributed by atoms with Crippen LogP contribution in [0.15, 0.2) is 66.7 Å². The first kappa shape index (κ1) is 23.3. The lowest BCUT2D eigenvalue weighted by Crippen LogP contribution is -2.41. The molecular formula is C27H30N4O3. The van der Waals surface area contributed by atoms with Gasteiger partial charge in [0, 0.05) is 36.9 Å². The Morgan fingerprint density at radius 3 is 2.53 bits per heavy atom. The molecule has 0 spiro atoms. The van der Waals surface area contributed by atoms with Gasteiger partial charge >= 0.3 is 6.03 Å². The molecule has 0 radical (unpaired) electrons. The fraction of sp³-hybridized carbons (Fsp3) is 0.296. The Morgan fingerprint density at radius 2 is 1.79 bits per heavy atom. The molecule has 2 heterocycles. The van der Waals surface area contributed by atoms with Crippen LogP contribution in [0, 0.1) is 6.92 Å². The normalized spacial score (nSPS) is 13.9. The third-order valence-corrected chi connectivity index (χ3v) is 6.09. The highest BCUT2D eigenvalue weighted by Gasteiger charge is 2.28. The number of rotatable bonds is 6. The van der Waals surface area contributed by atoms with E-state index < -0.39 is 0 Å². The number of nitrogens with one attached hydrogen (secondary N) is 2. The van der Waals surface area contributed by atoms with Gasteiger partial charge in [0.1, 0.15) is 5.75 Å². The molecule has 1 fully saturated rings. The Balaban J connectivity index is 1.40. The van der Waals surface area contributed by atoms with E-state index in [0.717, 1.165) is 41.2 Å². The van der Waals surface area contributed by atoms with Crippen LogP contribution >= 0.6 is 0 Å². The van der Waals surface area contributed by atoms with E-state index in [1.165, 1.54) is 0 Å². The molecule has 1 saturated heterocycles. The van der Waals surface area contributed by atoms with Crippen LogP contribution in [0.2, 0.25) is 0 Å². The number of aromatic nitrogens is 1. The van der Waals surface area contributed by atoms with E-state index in [4.69, 9.17) is 9.72 Å². The molecule has 3 amide bonds. The number of urea groups is 1. The number of amides is 3. The van der Waals surface area contributed by atoms with Crippen LogP contribution in [0.4, 0.5) is 10.5 Å². The van der Waals surface area contributed by atoms with Crippen LogP contribution < -0.4 is 15.4 Å². The largest absolute Gasteiger partial charge is 0.497 e. The van der Waals surface area contributed by atoms with E-state index in [0.29, 0.717) is 25.2 Å². The van der Waals surface area contributed by atoms with Gasteiger partial charge in [0.15, 0.2) is 0 Å². The quantitative estimate of drug-likeness (QED) is 0.559. The molecule has 0 unspecified atom stereocenters. The van der Waals surface area contributed by atoms with Crippen LogP contribution in [-0.4, -0.2) is 42.0 Å². The Bertz CT molecular complexity index is 1140. The maximum Gasteiger partial charge on any atom is 0.321 e. The lowest BCUT2D eigenvalue weighted by Gasteiger charge is -2.32. The number of hydrogen-bond acceptors (Lipinski definition) is 4. The highest BCUT2D eigenvalue weighted by Crippen LogP contribution is 2.30. The smallest absolute Gasteiger partial charge is 0.321 e. The molecule has 1 aliphatic rings. The number of benzene rings is 2. The second-order valence-electron chi connectivity index (χ2n) is 8.48. The van der Waals surface area contributed by atoms with Gasteiger partial charge in [0.2, 0.25) is 0 Å². The van der Waals surface area contributed by atoms with Gasteiger partial charge in [-0.3, -0.25) is 9.78 Å². The lowest BCUT2D eigenvalue weighted by molar-refractivity contribution is 0.0948. The zero-order chi connectivity index (χ0) is 23.9. The summed E-state index contributed by atoms with van der Waals surface area (Å²) < 4.78 is 5.26. The predicted octanol–water partition coefficient (Wildman–Crippen LogP) is 4.74. The Kier molecular flexibility index (Phi) is 7.42. The second-order valence-corrected chi connectivity index (χ2v) is 8.48. The first-order valence-electron chi connectivity index (χ1n) is 11.5. The van der Waals surface area contributed by atoms with Gasteiger partial charge in [-0.25, -0.2) is 4.79 Å². The van der Waals surface area contributed by atoms with Gasteiger partial charge in [-0.2, -0.15) is 0 Å². The summed E-state index contributed by atoms with van der Waals surface area (Å²) in [4.78, 5) is 32.3. The number of likely N-dealkylation sites (tertiary alicyclic amines) is 1. The Labute approximate surface area is 200 Å². The number of aryl methyl sites for hydroxylation is 1. The lowest BCUT2D eigenvalue weighted by atomic mass is 9.90. The number of anilines is 1. The molecule has 2 aromatic carbocycles. The SMILES string of the molecule is COc1cccc(CNC(=O)c2ccc(C)nc2C2CCN(C(=O)Nc3ccccc3)CC2)c1. The topological polar surface area (TPSA) is 83.6 Å². The van der Waals surface area contributed by atoms with Gasteiger partial charge in [-0.15, -0.1) is 0 Å². The monoisotopic (exact) mass is 458 g/mol. The molecule has 7 nitrogen and oxygen atoms in total. The molecule has 0 saturated carbocycles. The van der Waals surface area contributed by atoms with E-state index in [1.807, 2.05) is 78.6 Å². The zero-order valence-corrected chi connectivity index (χ0v) is 19.6. The number of carbonyl (C=O) groups is 2. The fourth-order valence-electron chi connectivity index (χ4n) is 4.22. The van der Waals surface area contributed by atoms with E-state index in [9.17, 15) is 9.59 Å². The molecule has 0 bridgehead atoms. The number of para-hydroxylation sites is 1. The molecular weight excluding hydrogens is 428 g/mol. The van der Waals surface area contributed by atoms with Crippen molar-refractivity contribution >= 4 is 17.6 Å². The number of piperidine rings is 1. The van der Waals surface area contributed by atoms with Crippen molar-refractivity contribution in [2.75, 3.05) is 25.5 Å². The van der Waals surface area contributed by atoms with Crippen LogP contribution in [-0.2, 0) is 6.54 Å². The molecule has 34 heavy (non-hydrogen) atoms. The van der Waals surface area contributed by atoms with Crippen molar-refractivity contribution in [2.45, 2.75) is 32.2 Å². The Morgan fingerprint density at radius 1 is 1.03 bits per heavy atom. The number of methoxy groups -OCH3 is 1. The van der Waals surface area contributed by atoms with E-state index >= 15 is 0 Å². The van der Waals surface area contributed by atoms with Crippen molar-refractivity contribution in [1.82, 2.24) is 15.2 Å². The summed E-state index contributed by atoms with van der Waals surface area (Å²) in [7, 11) is 1.62. The zero-order valence-electron chi connectivity index (χ0n) is 19.6. The second kappa shape index (κ2) is 10.8. The summed E-state index contributed by atoms with van der Waals surface area (Å²) in [6, 6.07) is 20.7. The minimum absolute atomic E-state index is 0.0990. The van der Waals surface area contributed by atoms with Crippen molar-refractivity contribution in [2.24, 2.45) is 0 Å². The number of pyridine rings is 1. The van der Waals surface area contributed by atoms with Crippen LogP contribution in [0.3, 0.4) is 0 Å². The number of ether oxygens (including phenoxy) is 1. The number of hydrogen-bond donors (Lipinski definition) is 2. The third kappa shape index (κ3) is 5.73. The average molecular weight is 459 g/mol.